The van der Waals surface area contributed by atoms with Gasteiger partial charge in [0.25, 0.3) is 0 Å². The number of thioether (sulfide) groups is 1. The molecule has 1 amide bonds. The fraction of sp³-hybridized carbons (Fsp3) is 0.235. The van der Waals surface area contributed by atoms with Gasteiger partial charge in [0.2, 0.25) is 11.1 Å². The number of nitrogens with zero attached hydrogens (tertiary/aromatic N) is 4. The van der Waals surface area contributed by atoms with E-state index in [9.17, 15) is 9.18 Å². The van der Waals surface area contributed by atoms with E-state index in [1.165, 1.54) is 40.7 Å². The summed E-state index contributed by atoms with van der Waals surface area (Å²) in [5, 5.41) is 8.33. The molecular formula is C17H18FN5O3S. The van der Waals surface area contributed by atoms with Crippen molar-refractivity contribution in [2.24, 2.45) is 0 Å². The topological polar surface area (TPSA) is 99.4 Å². The van der Waals surface area contributed by atoms with Crippen molar-refractivity contribution in [3.8, 4) is 5.75 Å². The van der Waals surface area contributed by atoms with Crippen LogP contribution in [0.4, 0.5) is 4.39 Å². The van der Waals surface area contributed by atoms with E-state index in [2.05, 4.69) is 10.2 Å². The van der Waals surface area contributed by atoms with Crippen LogP contribution in [0.2, 0.25) is 0 Å². The Balaban J connectivity index is 1.50. The summed E-state index contributed by atoms with van der Waals surface area (Å²) in [6, 6.07) is 9.20. The highest BCUT2D eigenvalue weighted by molar-refractivity contribution is 7.99. The van der Waals surface area contributed by atoms with Gasteiger partial charge in [0.15, 0.2) is 5.82 Å². The predicted molar refractivity (Wildman–Crippen MR) is 96.8 cm³/mol. The molecule has 2 heterocycles. The number of furan rings is 1. The van der Waals surface area contributed by atoms with E-state index in [-0.39, 0.29) is 24.1 Å². The number of ether oxygens (including phenoxy) is 1. The molecule has 0 saturated carbocycles. The first-order valence-electron chi connectivity index (χ1n) is 8.00. The summed E-state index contributed by atoms with van der Waals surface area (Å²) in [6.45, 7) is 0.459. The van der Waals surface area contributed by atoms with Gasteiger partial charge in [0.05, 0.1) is 18.6 Å². The van der Waals surface area contributed by atoms with Crippen molar-refractivity contribution in [3.63, 3.8) is 0 Å². The number of hydrogen-bond donors (Lipinski definition) is 1. The standard InChI is InChI=1S/C17H18FN5O3S/c1-22(9-14-3-2-8-25-14)16(24)11-27-17-21-20-15(23(17)19)10-26-13-6-4-12(18)5-7-13/h2-8H,9-11,19H2,1H3. The van der Waals surface area contributed by atoms with Gasteiger partial charge in [0, 0.05) is 7.05 Å². The molecule has 0 bridgehead atoms. The van der Waals surface area contributed by atoms with Crippen LogP contribution in [0.3, 0.4) is 0 Å². The van der Waals surface area contributed by atoms with E-state index in [0.29, 0.717) is 29.0 Å². The molecule has 0 radical (unpaired) electrons. The van der Waals surface area contributed by atoms with Crippen LogP contribution in [0.15, 0.2) is 52.2 Å². The van der Waals surface area contributed by atoms with Crippen molar-refractivity contribution in [1.82, 2.24) is 19.8 Å². The van der Waals surface area contributed by atoms with Gasteiger partial charge in [-0.15, -0.1) is 10.2 Å². The van der Waals surface area contributed by atoms with E-state index >= 15 is 0 Å². The highest BCUT2D eigenvalue weighted by Gasteiger charge is 2.15. The lowest BCUT2D eigenvalue weighted by Gasteiger charge is -2.15. The first kappa shape index (κ1) is 18.8. The number of carbonyl (C=O) groups excluding carboxylic acids is 1. The highest BCUT2D eigenvalue weighted by atomic mass is 32.2. The minimum atomic E-state index is -0.343. The first-order chi connectivity index (χ1) is 13.0. The van der Waals surface area contributed by atoms with Crippen LogP contribution in [0.1, 0.15) is 11.6 Å². The van der Waals surface area contributed by atoms with Gasteiger partial charge in [0.1, 0.15) is 23.9 Å². The third-order valence-electron chi connectivity index (χ3n) is 3.64. The molecule has 3 rings (SSSR count). The van der Waals surface area contributed by atoms with Crippen LogP contribution in [-0.4, -0.2) is 38.5 Å². The SMILES string of the molecule is CN(Cc1ccco1)C(=O)CSc1nnc(COc2ccc(F)cc2)n1N. The quantitative estimate of drug-likeness (QED) is 0.463. The molecule has 0 unspecified atom stereocenters. The summed E-state index contributed by atoms with van der Waals surface area (Å²) in [7, 11) is 1.69. The van der Waals surface area contributed by atoms with E-state index < -0.39 is 0 Å². The number of benzene rings is 1. The summed E-state index contributed by atoms with van der Waals surface area (Å²) in [5.74, 6) is 7.26. The third kappa shape index (κ3) is 5.00. The highest BCUT2D eigenvalue weighted by Crippen LogP contribution is 2.17. The Bertz CT molecular complexity index is 883. The van der Waals surface area contributed by atoms with Crippen LogP contribution in [0.25, 0.3) is 0 Å². The Hall–Kier alpha value is -3.01. The van der Waals surface area contributed by atoms with E-state index in [0.717, 1.165) is 0 Å². The molecule has 142 valence electrons. The average molecular weight is 391 g/mol. The lowest BCUT2D eigenvalue weighted by Crippen LogP contribution is -2.28. The van der Waals surface area contributed by atoms with Crippen molar-refractivity contribution in [2.75, 3.05) is 18.6 Å². The molecule has 0 atom stereocenters. The van der Waals surface area contributed by atoms with Crippen molar-refractivity contribution < 1.29 is 18.3 Å². The smallest absolute Gasteiger partial charge is 0.233 e. The third-order valence-corrected chi connectivity index (χ3v) is 4.57. The summed E-state index contributed by atoms with van der Waals surface area (Å²) < 4.78 is 24.9. The first-order valence-corrected chi connectivity index (χ1v) is 8.98. The van der Waals surface area contributed by atoms with E-state index in [4.69, 9.17) is 15.0 Å². The fourth-order valence-electron chi connectivity index (χ4n) is 2.14. The number of halogens is 1. The van der Waals surface area contributed by atoms with E-state index in [1.807, 2.05) is 0 Å². The molecule has 0 aliphatic rings. The number of rotatable bonds is 8. The molecule has 0 fully saturated rings. The van der Waals surface area contributed by atoms with Crippen LogP contribution in [0, 0.1) is 5.82 Å². The van der Waals surface area contributed by atoms with Crippen LogP contribution >= 0.6 is 11.8 Å². The Morgan fingerprint density at radius 3 is 2.81 bits per heavy atom. The normalized spacial score (nSPS) is 10.7. The predicted octanol–water partition coefficient (Wildman–Crippen LogP) is 2.05. The number of nitrogens with two attached hydrogens (primary N) is 1. The van der Waals surface area contributed by atoms with Gasteiger partial charge >= 0.3 is 0 Å². The number of carbonyl (C=O) groups is 1. The summed E-state index contributed by atoms with van der Waals surface area (Å²) in [6.07, 6.45) is 1.56. The largest absolute Gasteiger partial charge is 0.486 e. The van der Waals surface area contributed by atoms with E-state index in [1.54, 1.807) is 30.3 Å². The zero-order valence-corrected chi connectivity index (χ0v) is 15.4. The molecule has 0 saturated heterocycles. The Morgan fingerprint density at radius 2 is 2.11 bits per heavy atom. The Morgan fingerprint density at radius 1 is 1.33 bits per heavy atom. The number of amides is 1. The van der Waals surface area contributed by atoms with Crippen molar-refractivity contribution in [1.29, 1.82) is 0 Å². The summed E-state index contributed by atoms with van der Waals surface area (Å²) in [5.41, 5.74) is 0. The molecular weight excluding hydrogens is 373 g/mol. The number of nitrogen functional groups attached to an aromatic ring is 1. The molecule has 0 aliphatic heterocycles. The van der Waals surface area contributed by atoms with Gasteiger partial charge in [-0.3, -0.25) is 4.79 Å². The minimum absolute atomic E-state index is 0.0715. The van der Waals surface area contributed by atoms with Gasteiger partial charge in [-0.25, -0.2) is 9.07 Å². The maximum atomic E-state index is 12.9. The van der Waals surface area contributed by atoms with Gasteiger partial charge in [-0.1, -0.05) is 11.8 Å². The minimum Gasteiger partial charge on any atom is -0.486 e. The number of hydrogen-bond acceptors (Lipinski definition) is 7. The average Bonchev–Trinajstić information content (AvgIpc) is 3.29. The van der Waals surface area contributed by atoms with Crippen molar-refractivity contribution in [2.45, 2.75) is 18.3 Å². The molecule has 2 aromatic heterocycles. The molecule has 8 nitrogen and oxygen atoms in total. The molecule has 0 aliphatic carbocycles. The lowest BCUT2D eigenvalue weighted by atomic mass is 10.3. The van der Waals surface area contributed by atoms with Crippen molar-refractivity contribution in [3.05, 3.63) is 60.1 Å². The Labute approximate surface area is 159 Å². The monoisotopic (exact) mass is 391 g/mol. The molecule has 0 spiro atoms. The summed E-state index contributed by atoms with van der Waals surface area (Å²) in [4.78, 5) is 13.8. The zero-order chi connectivity index (χ0) is 19.2. The fourth-order valence-corrected chi connectivity index (χ4v) is 2.96. The van der Waals surface area contributed by atoms with Crippen LogP contribution in [-0.2, 0) is 17.9 Å². The van der Waals surface area contributed by atoms with Gasteiger partial charge in [-0.05, 0) is 36.4 Å². The number of aromatic nitrogens is 3. The molecule has 3 aromatic rings. The lowest BCUT2D eigenvalue weighted by molar-refractivity contribution is -0.127. The van der Waals surface area contributed by atoms with Crippen LogP contribution in [0.5, 0.6) is 5.75 Å². The van der Waals surface area contributed by atoms with Gasteiger partial charge in [-0.2, -0.15) is 0 Å². The second-order valence-electron chi connectivity index (χ2n) is 5.63. The second-order valence-corrected chi connectivity index (χ2v) is 6.57. The Kier molecular flexibility index (Phi) is 5.97. The maximum Gasteiger partial charge on any atom is 0.233 e. The van der Waals surface area contributed by atoms with Crippen molar-refractivity contribution >= 4 is 17.7 Å². The molecule has 1 aromatic carbocycles. The van der Waals surface area contributed by atoms with Crippen LogP contribution < -0.4 is 10.6 Å². The second kappa shape index (κ2) is 8.58. The summed E-state index contributed by atoms with van der Waals surface area (Å²) >= 11 is 1.18. The molecule has 10 heteroatoms. The van der Waals surface area contributed by atoms with Gasteiger partial charge < -0.3 is 19.9 Å². The molecule has 2 N–H and O–H groups in total. The maximum absolute atomic E-state index is 12.9. The zero-order valence-electron chi connectivity index (χ0n) is 14.5. The molecule has 27 heavy (non-hydrogen) atoms.